The molecule has 4 nitrogen and oxygen atoms in total. The third kappa shape index (κ3) is 3.32. The molecular weight excluding hydrogens is 170 g/mol. The second kappa shape index (κ2) is 5.19. The zero-order chi connectivity index (χ0) is 9.68. The van der Waals surface area contributed by atoms with Crippen molar-refractivity contribution in [3.05, 3.63) is 0 Å². The van der Waals surface area contributed by atoms with E-state index in [0.29, 0.717) is 32.4 Å². The molecule has 0 saturated carbocycles. The Morgan fingerprint density at radius 2 is 2.46 bits per heavy atom. The van der Waals surface area contributed by atoms with Gasteiger partial charge in [0, 0.05) is 12.6 Å². The first-order chi connectivity index (χ1) is 6.24. The Bertz CT molecular complexity index is 172. The Balaban J connectivity index is 2.29. The number of rotatable bonds is 3. The molecule has 1 rings (SSSR count). The van der Waals surface area contributed by atoms with Crippen molar-refractivity contribution < 1.29 is 14.3 Å². The molecule has 0 spiro atoms. The van der Waals surface area contributed by atoms with E-state index in [-0.39, 0.29) is 5.97 Å². The Kier molecular flexibility index (Phi) is 4.18. The molecule has 1 atom stereocenters. The number of nitrogens with zero attached hydrogens (tertiary/aromatic N) is 1. The van der Waals surface area contributed by atoms with Gasteiger partial charge < -0.3 is 9.47 Å². The van der Waals surface area contributed by atoms with E-state index in [2.05, 4.69) is 11.8 Å². The molecular formula is C9H17NO3. The Morgan fingerprint density at radius 1 is 1.69 bits per heavy atom. The van der Waals surface area contributed by atoms with Gasteiger partial charge in [0.05, 0.1) is 26.4 Å². The van der Waals surface area contributed by atoms with Gasteiger partial charge in [-0.1, -0.05) is 0 Å². The van der Waals surface area contributed by atoms with Crippen LogP contribution in [0.2, 0.25) is 0 Å². The van der Waals surface area contributed by atoms with Crippen LogP contribution in [0.5, 0.6) is 0 Å². The molecule has 0 aromatic heterocycles. The van der Waals surface area contributed by atoms with Gasteiger partial charge in [0.25, 0.3) is 0 Å². The summed E-state index contributed by atoms with van der Waals surface area (Å²) < 4.78 is 10.1. The van der Waals surface area contributed by atoms with Gasteiger partial charge in [0.1, 0.15) is 0 Å². The summed E-state index contributed by atoms with van der Waals surface area (Å²) in [6, 6.07) is 0.318. The van der Waals surface area contributed by atoms with Gasteiger partial charge in [-0.05, 0) is 13.8 Å². The van der Waals surface area contributed by atoms with E-state index in [1.807, 2.05) is 6.92 Å². The van der Waals surface area contributed by atoms with E-state index in [1.54, 1.807) is 0 Å². The fraction of sp³-hybridized carbons (Fsp3) is 0.889. The molecule has 13 heavy (non-hydrogen) atoms. The van der Waals surface area contributed by atoms with Crippen LogP contribution in [0.25, 0.3) is 0 Å². The van der Waals surface area contributed by atoms with E-state index in [0.717, 1.165) is 6.54 Å². The predicted molar refractivity (Wildman–Crippen MR) is 48.5 cm³/mol. The van der Waals surface area contributed by atoms with Crippen molar-refractivity contribution in [1.82, 2.24) is 4.90 Å². The number of carbonyl (C=O) groups excluding carboxylic acids is 1. The van der Waals surface area contributed by atoms with Gasteiger partial charge in [0.15, 0.2) is 0 Å². The van der Waals surface area contributed by atoms with Crippen LogP contribution >= 0.6 is 0 Å². The SMILES string of the molecule is CCOC(=O)CN1CCOC[C@@H]1C. The summed E-state index contributed by atoms with van der Waals surface area (Å²) in [6.45, 7) is 6.96. The second-order valence-electron chi connectivity index (χ2n) is 3.20. The number of hydrogen-bond donors (Lipinski definition) is 0. The molecule has 1 heterocycles. The summed E-state index contributed by atoms with van der Waals surface area (Å²) in [5.74, 6) is -0.142. The number of ether oxygens (including phenoxy) is 2. The van der Waals surface area contributed by atoms with E-state index >= 15 is 0 Å². The molecule has 1 aliphatic rings. The van der Waals surface area contributed by atoms with Crippen molar-refractivity contribution in [2.75, 3.05) is 32.9 Å². The summed E-state index contributed by atoms with van der Waals surface area (Å²) in [4.78, 5) is 13.2. The van der Waals surface area contributed by atoms with Crippen molar-refractivity contribution in [2.24, 2.45) is 0 Å². The monoisotopic (exact) mass is 187 g/mol. The van der Waals surface area contributed by atoms with Crippen molar-refractivity contribution in [1.29, 1.82) is 0 Å². The van der Waals surface area contributed by atoms with Gasteiger partial charge in [-0.2, -0.15) is 0 Å². The molecule has 0 bridgehead atoms. The number of hydrogen-bond acceptors (Lipinski definition) is 4. The fourth-order valence-corrected chi connectivity index (χ4v) is 1.37. The first-order valence-electron chi connectivity index (χ1n) is 4.71. The van der Waals surface area contributed by atoms with Gasteiger partial charge in [-0.3, -0.25) is 9.69 Å². The summed E-state index contributed by atoms with van der Waals surface area (Å²) >= 11 is 0. The lowest BCUT2D eigenvalue weighted by molar-refractivity contribution is -0.146. The summed E-state index contributed by atoms with van der Waals surface area (Å²) in [7, 11) is 0. The molecule has 0 aliphatic carbocycles. The van der Waals surface area contributed by atoms with E-state index in [9.17, 15) is 4.79 Å². The topological polar surface area (TPSA) is 38.8 Å². The lowest BCUT2D eigenvalue weighted by Gasteiger charge is -2.32. The maximum atomic E-state index is 11.2. The van der Waals surface area contributed by atoms with Crippen LogP contribution < -0.4 is 0 Å². The predicted octanol–water partition coefficient (Wildman–Crippen LogP) is 0.270. The standard InChI is InChI=1S/C9H17NO3/c1-3-13-9(11)6-10-4-5-12-7-8(10)2/h8H,3-7H2,1-2H3/t8-/m0/s1. The highest BCUT2D eigenvalue weighted by Crippen LogP contribution is 2.05. The highest BCUT2D eigenvalue weighted by Gasteiger charge is 2.21. The van der Waals surface area contributed by atoms with Crippen LogP contribution in [0.4, 0.5) is 0 Å². The maximum absolute atomic E-state index is 11.2. The Morgan fingerprint density at radius 3 is 3.08 bits per heavy atom. The average molecular weight is 187 g/mol. The largest absolute Gasteiger partial charge is 0.465 e. The summed E-state index contributed by atoms with van der Waals surface area (Å²) in [5.41, 5.74) is 0. The average Bonchev–Trinajstić information content (AvgIpc) is 2.09. The minimum absolute atomic E-state index is 0.142. The first-order valence-corrected chi connectivity index (χ1v) is 4.71. The van der Waals surface area contributed by atoms with Crippen LogP contribution in [-0.2, 0) is 14.3 Å². The molecule has 0 N–H and O–H groups in total. The molecule has 1 fully saturated rings. The molecule has 76 valence electrons. The third-order valence-electron chi connectivity index (χ3n) is 2.14. The normalized spacial score (nSPS) is 24.3. The summed E-state index contributed by atoms with van der Waals surface area (Å²) in [6.07, 6.45) is 0. The molecule has 0 radical (unpaired) electrons. The minimum Gasteiger partial charge on any atom is -0.465 e. The zero-order valence-corrected chi connectivity index (χ0v) is 8.28. The molecule has 0 amide bonds. The Hall–Kier alpha value is -0.610. The van der Waals surface area contributed by atoms with Crippen molar-refractivity contribution >= 4 is 5.97 Å². The van der Waals surface area contributed by atoms with Gasteiger partial charge in [-0.25, -0.2) is 0 Å². The lowest BCUT2D eigenvalue weighted by Crippen LogP contribution is -2.46. The molecule has 1 saturated heterocycles. The van der Waals surface area contributed by atoms with Gasteiger partial charge in [0.2, 0.25) is 0 Å². The molecule has 4 heteroatoms. The molecule has 1 aliphatic heterocycles. The van der Waals surface area contributed by atoms with Crippen molar-refractivity contribution in [3.63, 3.8) is 0 Å². The highest BCUT2D eigenvalue weighted by atomic mass is 16.5. The van der Waals surface area contributed by atoms with Gasteiger partial charge in [-0.15, -0.1) is 0 Å². The quantitative estimate of drug-likeness (QED) is 0.594. The number of esters is 1. The smallest absolute Gasteiger partial charge is 0.320 e. The fourth-order valence-electron chi connectivity index (χ4n) is 1.37. The van der Waals surface area contributed by atoms with Crippen LogP contribution in [0.15, 0.2) is 0 Å². The second-order valence-corrected chi connectivity index (χ2v) is 3.20. The van der Waals surface area contributed by atoms with Crippen LogP contribution in [-0.4, -0.2) is 49.8 Å². The third-order valence-corrected chi connectivity index (χ3v) is 2.14. The van der Waals surface area contributed by atoms with E-state index < -0.39 is 0 Å². The van der Waals surface area contributed by atoms with Crippen LogP contribution in [0.1, 0.15) is 13.8 Å². The van der Waals surface area contributed by atoms with E-state index in [4.69, 9.17) is 9.47 Å². The summed E-state index contributed by atoms with van der Waals surface area (Å²) in [5, 5.41) is 0. The van der Waals surface area contributed by atoms with Crippen molar-refractivity contribution in [3.8, 4) is 0 Å². The van der Waals surface area contributed by atoms with Crippen LogP contribution in [0.3, 0.4) is 0 Å². The molecule has 0 unspecified atom stereocenters. The highest BCUT2D eigenvalue weighted by molar-refractivity contribution is 5.71. The number of carbonyl (C=O) groups is 1. The first kappa shape index (κ1) is 10.5. The molecule has 0 aromatic carbocycles. The maximum Gasteiger partial charge on any atom is 0.320 e. The lowest BCUT2D eigenvalue weighted by atomic mass is 10.2. The van der Waals surface area contributed by atoms with Gasteiger partial charge >= 0.3 is 5.97 Å². The zero-order valence-electron chi connectivity index (χ0n) is 8.28. The number of morpholine rings is 1. The molecule has 0 aromatic rings. The van der Waals surface area contributed by atoms with Crippen LogP contribution in [0, 0.1) is 0 Å². The minimum atomic E-state index is -0.142. The van der Waals surface area contributed by atoms with E-state index in [1.165, 1.54) is 0 Å². The van der Waals surface area contributed by atoms with Crippen molar-refractivity contribution in [2.45, 2.75) is 19.9 Å². The Labute approximate surface area is 78.8 Å².